The Hall–Kier alpha value is -0.290. The average molecular weight is 254 g/mol. The Morgan fingerprint density at radius 3 is 2.86 bits per heavy atom. The van der Waals surface area contributed by atoms with Crippen LogP contribution in [0, 0.1) is 0 Å². The number of rotatable bonds is 2. The molecule has 0 nitrogen and oxygen atoms in total. The first-order valence-electron chi connectivity index (χ1n) is 4.08. The van der Waals surface area contributed by atoms with Crippen molar-refractivity contribution in [1.82, 2.24) is 0 Å². The van der Waals surface area contributed by atoms with Crippen molar-refractivity contribution < 1.29 is 0 Å². The van der Waals surface area contributed by atoms with Crippen LogP contribution >= 0.6 is 45.8 Å². The van der Waals surface area contributed by atoms with Gasteiger partial charge in [-0.15, -0.1) is 22.7 Å². The van der Waals surface area contributed by atoms with Gasteiger partial charge in [0.1, 0.15) is 0 Å². The van der Waals surface area contributed by atoms with E-state index >= 15 is 0 Å². The van der Waals surface area contributed by atoms with Gasteiger partial charge < -0.3 is 0 Å². The highest BCUT2D eigenvalue weighted by molar-refractivity contribution is 8.00. The molecule has 0 aliphatic rings. The van der Waals surface area contributed by atoms with Crippen LogP contribution in [0.1, 0.15) is 0 Å². The van der Waals surface area contributed by atoms with Gasteiger partial charge in [0, 0.05) is 25.3 Å². The molecule has 0 aromatic carbocycles. The minimum absolute atomic E-state index is 1.35. The van der Waals surface area contributed by atoms with Crippen molar-refractivity contribution in [3.05, 3.63) is 33.7 Å². The average Bonchev–Trinajstić information content (AvgIpc) is 2.85. The first-order valence-corrected chi connectivity index (χ1v) is 7.60. The second kappa shape index (κ2) is 3.70. The summed E-state index contributed by atoms with van der Waals surface area (Å²) in [4.78, 5) is 2.75. The number of hydrogen-bond acceptors (Lipinski definition) is 4. The predicted octanol–water partition coefficient (Wildman–Crippen LogP) is 5.18. The fraction of sp³-hybridized carbons (Fsp3) is 0. The van der Waals surface area contributed by atoms with Gasteiger partial charge in [0.2, 0.25) is 0 Å². The lowest BCUT2D eigenvalue weighted by atomic mass is 10.5. The van der Waals surface area contributed by atoms with Crippen LogP contribution < -0.4 is 0 Å². The van der Waals surface area contributed by atoms with Crippen LogP contribution in [-0.2, 0) is 0 Å². The molecule has 3 aromatic rings. The van der Waals surface area contributed by atoms with Crippen molar-refractivity contribution >= 4 is 55.2 Å². The third-order valence-corrected chi connectivity index (χ3v) is 6.04. The summed E-state index contributed by atoms with van der Waals surface area (Å²) in [5.41, 5.74) is 0. The number of fused-ring (bicyclic) bond motifs is 1. The zero-order valence-corrected chi connectivity index (χ0v) is 10.4. The van der Waals surface area contributed by atoms with E-state index in [1.165, 1.54) is 19.2 Å². The quantitative estimate of drug-likeness (QED) is 0.607. The van der Waals surface area contributed by atoms with Gasteiger partial charge in [0.05, 0.1) is 4.70 Å². The van der Waals surface area contributed by atoms with Gasteiger partial charge in [-0.1, -0.05) is 11.8 Å². The van der Waals surface area contributed by atoms with Crippen LogP contribution in [-0.4, -0.2) is 0 Å². The van der Waals surface area contributed by atoms with Gasteiger partial charge in [-0.3, -0.25) is 0 Å². The Balaban J connectivity index is 2.02. The topological polar surface area (TPSA) is 0 Å². The highest BCUT2D eigenvalue weighted by Crippen LogP contribution is 2.40. The van der Waals surface area contributed by atoms with Crippen LogP contribution in [0.4, 0.5) is 0 Å². The molecule has 0 saturated heterocycles. The fourth-order valence-electron chi connectivity index (χ4n) is 1.25. The minimum Gasteiger partial charge on any atom is -0.151 e. The molecule has 0 radical (unpaired) electrons. The zero-order chi connectivity index (χ0) is 9.38. The molecule has 0 amide bonds. The number of hydrogen-bond donors (Lipinski definition) is 0. The highest BCUT2D eigenvalue weighted by atomic mass is 32.2. The molecular weight excluding hydrogens is 248 g/mol. The Kier molecular flexibility index (Phi) is 2.37. The molecule has 0 saturated carbocycles. The van der Waals surface area contributed by atoms with Crippen LogP contribution in [0.3, 0.4) is 0 Å². The summed E-state index contributed by atoms with van der Waals surface area (Å²) >= 11 is 7.29. The van der Waals surface area contributed by atoms with Crippen LogP contribution in [0.2, 0.25) is 0 Å². The first-order chi connectivity index (χ1) is 6.93. The second-order valence-electron chi connectivity index (χ2n) is 2.78. The van der Waals surface area contributed by atoms with Crippen molar-refractivity contribution in [2.75, 3.05) is 0 Å². The molecule has 0 spiro atoms. The van der Waals surface area contributed by atoms with Gasteiger partial charge in [0.15, 0.2) is 0 Å². The van der Waals surface area contributed by atoms with E-state index in [0.29, 0.717) is 0 Å². The lowest BCUT2D eigenvalue weighted by molar-refractivity contribution is 1.56. The van der Waals surface area contributed by atoms with Crippen molar-refractivity contribution in [2.24, 2.45) is 0 Å². The molecule has 3 heterocycles. The van der Waals surface area contributed by atoms with Gasteiger partial charge in [0.25, 0.3) is 0 Å². The van der Waals surface area contributed by atoms with Gasteiger partial charge in [-0.2, -0.15) is 11.3 Å². The Morgan fingerprint density at radius 2 is 2.00 bits per heavy atom. The van der Waals surface area contributed by atoms with Gasteiger partial charge in [-0.05, 0) is 22.9 Å². The first kappa shape index (κ1) is 8.97. The van der Waals surface area contributed by atoms with E-state index in [4.69, 9.17) is 0 Å². The third kappa shape index (κ3) is 1.52. The Morgan fingerprint density at radius 1 is 1.00 bits per heavy atom. The monoisotopic (exact) mass is 254 g/mol. The lowest BCUT2D eigenvalue weighted by Crippen LogP contribution is -1.61. The van der Waals surface area contributed by atoms with Crippen molar-refractivity contribution in [1.29, 1.82) is 0 Å². The summed E-state index contributed by atoms with van der Waals surface area (Å²) in [5.74, 6) is 0. The van der Waals surface area contributed by atoms with E-state index in [9.17, 15) is 0 Å². The summed E-state index contributed by atoms with van der Waals surface area (Å²) in [6.45, 7) is 0. The van der Waals surface area contributed by atoms with E-state index in [1.807, 2.05) is 34.4 Å². The van der Waals surface area contributed by atoms with E-state index in [2.05, 4.69) is 33.7 Å². The van der Waals surface area contributed by atoms with E-state index in [-0.39, 0.29) is 0 Å². The van der Waals surface area contributed by atoms with Gasteiger partial charge >= 0.3 is 0 Å². The number of thiophene rings is 3. The molecule has 0 bridgehead atoms. The molecule has 70 valence electrons. The van der Waals surface area contributed by atoms with Crippen LogP contribution in [0.15, 0.2) is 43.4 Å². The minimum atomic E-state index is 1.35. The SMILES string of the molecule is c1cc(Sc2csc3ccsc23)cs1. The summed E-state index contributed by atoms with van der Waals surface area (Å²) in [6.07, 6.45) is 0. The summed E-state index contributed by atoms with van der Waals surface area (Å²) in [7, 11) is 0. The Labute approximate surface area is 98.2 Å². The lowest BCUT2D eigenvalue weighted by Gasteiger charge is -1.92. The molecule has 3 aromatic heterocycles. The maximum absolute atomic E-state index is 2.25. The second-order valence-corrected chi connectivity index (χ2v) is 6.50. The van der Waals surface area contributed by atoms with E-state index in [0.717, 1.165) is 0 Å². The van der Waals surface area contributed by atoms with E-state index in [1.54, 1.807) is 11.3 Å². The molecule has 4 heteroatoms. The highest BCUT2D eigenvalue weighted by Gasteiger charge is 2.06. The largest absolute Gasteiger partial charge is 0.151 e. The standard InChI is InChI=1S/C10H6S4/c1-3-11-5-7(1)14-9-6-13-8-2-4-12-10(8)9/h1-6H. The molecule has 14 heavy (non-hydrogen) atoms. The predicted molar refractivity (Wildman–Crippen MR) is 68.1 cm³/mol. The maximum atomic E-state index is 2.25. The van der Waals surface area contributed by atoms with Crippen molar-refractivity contribution in [3.8, 4) is 0 Å². The summed E-state index contributed by atoms with van der Waals surface area (Å²) in [6, 6.07) is 4.37. The molecular formula is C10H6S4. The van der Waals surface area contributed by atoms with E-state index < -0.39 is 0 Å². The molecule has 0 aliphatic carbocycles. The van der Waals surface area contributed by atoms with Gasteiger partial charge in [-0.25, -0.2) is 0 Å². The molecule has 3 rings (SSSR count). The molecule has 0 atom stereocenters. The summed E-state index contributed by atoms with van der Waals surface area (Å²) in [5, 5.41) is 8.74. The Bertz CT molecular complexity index is 529. The third-order valence-electron chi connectivity index (χ3n) is 1.87. The molecule has 0 aliphatic heterocycles. The molecule has 0 unspecified atom stereocenters. The summed E-state index contributed by atoms with van der Waals surface area (Å²) < 4.78 is 2.85. The zero-order valence-electron chi connectivity index (χ0n) is 7.10. The van der Waals surface area contributed by atoms with Crippen LogP contribution in [0.25, 0.3) is 9.40 Å². The van der Waals surface area contributed by atoms with Crippen LogP contribution in [0.5, 0.6) is 0 Å². The van der Waals surface area contributed by atoms with Crippen molar-refractivity contribution in [3.63, 3.8) is 0 Å². The smallest absolute Gasteiger partial charge is 0.0590 e. The fourth-order valence-corrected chi connectivity index (χ4v) is 5.34. The molecule has 0 N–H and O–H groups in total. The van der Waals surface area contributed by atoms with Crippen molar-refractivity contribution in [2.45, 2.75) is 9.79 Å². The normalized spacial score (nSPS) is 11.1. The molecule has 0 fully saturated rings. The maximum Gasteiger partial charge on any atom is 0.0590 e.